The summed E-state index contributed by atoms with van der Waals surface area (Å²) in [4.78, 5) is 4.70. The first-order valence-corrected chi connectivity index (χ1v) is 6.02. The lowest BCUT2D eigenvalue weighted by atomic mass is 9.82. The minimum absolute atomic E-state index is 0.0105. The number of nitrogens with zero attached hydrogens (tertiary/aromatic N) is 1. The first-order chi connectivity index (χ1) is 6.94. The van der Waals surface area contributed by atoms with Crippen LogP contribution < -0.4 is 0 Å². The molecule has 1 aromatic heterocycles. The van der Waals surface area contributed by atoms with E-state index < -0.39 is 6.43 Å². The van der Waals surface area contributed by atoms with E-state index in [0.717, 1.165) is 22.7 Å². The minimum atomic E-state index is -2.46. The van der Waals surface area contributed by atoms with Gasteiger partial charge in [-0.1, -0.05) is 20.8 Å². The molecular formula is C11H17F2NS. The zero-order chi connectivity index (χ0) is 11.6. The van der Waals surface area contributed by atoms with Gasteiger partial charge in [0.05, 0.1) is 5.01 Å². The highest BCUT2D eigenvalue weighted by Gasteiger charge is 2.31. The monoisotopic (exact) mass is 233 g/mol. The Bertz CT molecular complexity index is 329. The first-order valence-electron chi connectivity index (χ1n) is 5.20. The summed E-state index contributed by atoms with van der Waals surface area (Å²) in [5.74, 6) is 0. The molecule has 0 radical (unpaired) electrons. The van der Waals surface area contributed by atoms with Crippen LogP contribution in [0.4, 0.5) is 8.78 Å². The quantitative estimate of drug-likeness (QED) is 0.747. The third kappa shape index (κ3) is 2.36. The lowest BCUT2D eigenvalue weighted by Crippen LogP contribution is -2.19. The van der Waals surface area contributed by atoms with Gasteiger partial charge in [-0.2, -0.15) is 0 Å². The maximum absolute atomic E-state index is 12.8. The second kappa shape index (κ2) is 4.56. The number of hydrogen-bond acceptors (Lipinski definition) is 2. The van der Waals surface area contributed by atoms with Gasteiger partial charge in [0.25, 0.3) is 6.43 Å². The van der Waals surface area contributed by atoms with Crippen LogP contribution in [0, 0.1) is 6.92 Å². The van der Waals surface area contributed by atoms with Crippen molar-refractivity contribution in [3.63, 3.8) is 0 Å². The molecule has 0 aliphatic heterocycles. The van der Waals surface area contributed by atoms with Crippen LogP contribution in [0.1, 0.15) is 55.6 Å². The summed E-state index contributed by atoms with van der Waals surface area (Å²) in [5.41, 5.74) is -0.166. The number of hydrogen-bond donors (Lipinski definition) is 0. The predicted molar refractivity (Wildman–Crippen MR) is 59.7 cm³/mol. The third-order valence-corrected chi connectivity index (χ3v) is 4.37. The number of alkyl halides is 2. The van der Waals surface area contributed by atoms with Crippen LogP contribution in [0.5, 0.6) is 0 Å². The fraction of sp³-hybridized carbons (Fsp3) is 0.727. The van der Waals surface area contributed by atoms with Crippen molar-refractivity contribution in [3.8, 4) is 0 Å². The molecule has 0 N–H and O–H groups in total. The molecule has 0 saturated heterocycles. The number of thiazole rings is 1. The van der Waals surface area contributed by atoms with Gasteiger partial charge in [0, 0.05) is 10.3 Å². The van der Waals surface area contributed by atoms with Gasteiger partial charge in [0.15, 0.2) is 0 Å². The van der Waals surface area contributed by atoms with Crippen molar-refractivity contribution in [2.75, 3.05) is 0 Å². The summed E-state index contributed by atoms with van der Waals surface area (Å²) in [5, 5.41) is 0.730. The summed E-state index contributed by atoms with van der Waals surface area (Å²) in [7, 11) is 0. The van der Waals surface area contributed by atoms with Crippen molar-refractivity contribution in [1.82, 2.24) is 4.98 Å². The predicted octanol–water partition coefficient (Wildman–Crippen LogP) is 4.47. The van der Waals surface area contributed by atoms with Crippen LogP contribution in [-0.2, 0) is 5.41 Å². The van der Waals surface area contributed by atoms with E-state index in [-0.39, 0.29) is 11.1 Å². The van der Waals surface area contributed by atoms with Crippen LogP contribution in [0.3, 0.4) is 0 Å². The number of aromatic nitrogens is 1. The van der Waals surface area contributed by atoms with Gasteiger partial charge in [-0.25, -0.2) is 13.8 Å². The molecule has 0 unspecified atom stereocenters. The highest BCUT2D eigenvalue weighted by molar-refractivity contribution is 7.11. The number of rotatable bonds is 4. The molecule has 0 aliphatic carbocycles. The molecule has 4 heteroatoms. The van der Waals surface area contributed by atoms with Crippen LogP contribution in [0.2, 0.25) is 0 Å². The smallest absolute Gasteiger partial charge is 0.240 e. The van der Waals surface area contributed by atoms with Crippen molar-refractivity contribution in [2.24, 2.45) is 0 Å². The SMILES string of the molecule is CCC(C)(CC)c1sc(C)nc1C(F)F. The van der Waals surface area contributed by atoms with Gasteiger partial charge in [-0.05, 0) is 19.8 Å². The molecule has 0 fully saturated rings. The molecule has 1 rings (SSSR count). The van der Waals surface area contributed by atoms with E-state index in [4.69, 9.17) is 0 Å². The Kier molecular flexibility index (Phi) is 3.82. The summed E-state index contributed by atoms with van der Waals surface area (Å²) in [6.07, 6.45) is -0.724. The zero-order valence-electron chi connectivity index (χ0n) is 9.60. The maximum atomic E-state index is 12.8. The summed E-state index contributed by atoms with van der Waals surface area (Å²) in [6, 6.07) is 0. The first kappa shape index (κ1) is 12.6. The molecule has 0 saturated carbocycles. The van der Waals surface area contributed by atoms with Crippen LogP contribution in [-0.4, -0.2) is 4.98 Å². The van der Waals surface area contributed by atoms with E-state index in [1.807, 2.05) is 20.8 Å². The van der Waals surface area contributed by atoms with Gasteiger partial charge in [-0.3, -0.25) is 0 Å². The van der Waals surface area contributed by atoms with Crippen molar-refractivity contribution >= 4 is 11.3 Å². The molecule has 0 atom stereocenters. The van der Waals surface area contributed by atoms with Crippen molar-refractivity contribution in [2.45, 2.75) is 52.4 Å². The Morgan fingerprint density at radius 2 is 1.87 bits per heavy atom. The minimum Gasteiger partial charge on any atom is -0.240 e. The standard InChI is InChI=1S/C11H17F2NS/c1-5-11(4,6-2)9-8(10(12)13)14-7(3)15-9/h10H,5-6H2,1-4H3. The fourth-order valence-corrected chi connectivity index (χ4v) is 2.81. The van der Waals surface area contributed by atoms with Crippen LogP contribution >= 0.6 is 11.3 Å². The topological polar surface area (TPSA) is 12.9 Å². The molecule has 1 aromatic rings. The second-order valence-corrected chi connectivity index (χ2v) is 5.22. The third-order valence-electron chi connectivity index (χ3n) is 3.08. The number of halogens is 2. The van der Waals surface area contributed by atoms with E-state index >= 15 is 0 Å². The highest BCUT2D eigenvalue weighted by Crippen LogP contribution is 2.40. The molecule has 0 aliphatic rings. The normalized spacial score (nSPS) is 12.5. The average Bonchev–Trinajstić information content (AvgIpc) is 2.60. The molecular weight excluding hydrogens is 216 g/mol. The lowest BCUT2D eigenvalue weighted by molar-refractivity contribution is 0.143. The van der Waals surface area contributed by atoms with Gasteiger partial charge >= 0.3 is 0 Å². The Labute approximate surface area is 93.5 Å². The van der Waals surface area contributed by atoms with Crippen molar-refractivity contribution in [3.05, 3.63) is 15.6 Å². The lowest BCUT2D eigenvalue weighted by Gasteiger charge is -2.26. The molecule has 0 bridgehead atoms. The van der Waals surface area contributed by atoms with Gasteiger partial charge in [-0.15, -0.1) is 11.3 Å². The van der Waals surface area contributed by atoms with Gasteiger partial charge in [0.1, 0.15) is 5.69 Å². The van der Waals surface area contributed by atoms with E-state index in [2.05, 4.69) is 4.98 Å². The van der Waals surface area contributed by atoms with E-state index in [9.17, 15) is 8.78 Å². The van der Waals surface area contributed by atoms with Crippen molar-refractivity contribution in [1.29, 1.82) is 0 Å². The van der Waals surface area contributed by atoms with Crippen LogP contribution in [0.15, 0.2) is 0 Å². The highest BCUT2D eigenvalue weighted by atomic mass is 32.1. The van der Waals surface area contributed by atoms with Crippen LogP contribution in [0.25, 0.3) is 0 Å². The van der Waals surface area contributed by atoms with E-state index in [1.54, 1.807) is 6.92 Å². The molecule has 0 spiro atoms. The molecule has 0 aromatic carbocycles. The average molecular weight is 233 g/mol. The van der Waals surface area contributed by atoms with Gasteiger partial charge in [0.2, 0.25) is 0 Å². The Hall–Kier alpha value is -0.510. The summed E-state index contributed by atoms with van der Waals surface area (Å²) in [6.45, 7) is 7.89. The van der Waals surface area contributed by atoms with E-state index in [0.29, 0.717) is 0 Å². The second-order valence-electron chi connectivity index (χ2n) is 4.02. The Morgan fingerprint density at radius 3 is 2.27 bits per heavy atom. The fourth-order valence-electron chi connectivity index (χ4n) is 1.59. The molecule has 1 nitrogen and oxygen atoms in total. The summed E-state index contributed by atoms with van der Waals surface area (Å²) >= 11 is 1.41. The molecule has 86 valence electrons. The summed E-state index contributed by atoms with van der Waals surface area (Å²) < 4.78 is 25.6. The zero-order valence-corrected chi connectivity index (χ0v) is 10.4. The number of aryl methyl sites for hydroxylation is 1. The molecule has 0 amide bonds. The van der Waals surface area contributed by atoms with Gasteiger partial charge < -0.3 is 0 Å². The van der Waals surface area contributed by atoms with E-state index in [1.165, 1.54) is 11.3 Å². The van der Waals surface area contributed by atoms with Crippen molar-refractivity contribution < 1.29 is 8.78 Å². The maximum Gasteiger partial charge on any atom is 0.281 e. The Morgan fingerprint density at radius 1 is 1.33 bits per heavy atom. The molecule has 15 heavy (non-hydrogen) atoms. The largest absolute Gasteiger partial charge is 0.281 e. The molecule has 1 heterocycles. The Balaban J connectivity index is 3.22.